The normalized spacial score (nSPS) is 13.9. The number of hydrogen-bond donors (Lipinski definition) is 1. The van der Waals surface area contributed by atoms with E-state index in [0.29, 0.717) is 0 Å². The first-order valence-electron chi connectivity index (χ1n) is 4.53. The zero-order chi connectivity index (χ0) is 13.0. The molecular formula is C8H13F6NO. The summed E-state index contributed by atoms with van der Waals surface area (Å²) in [5.41, 5.74) is 0. The van der Waals surface area contributed by atoms with Crippen LogP contribution in [0.25, 0.3) is 0 Å². The lowest BCUT2D eigenvalue weighted by Gasteiger charge is -2.23. The Kier molecular flexibility index (Phi) is 5.54. The van der Waals surface area contributed by atoms with Crippen LogP contribution < -0.4 is 5.32 Å². The fourth-order valence-electron chi connectivity index (χ4n) is 0.899. The first-order valence-corrected chi connectivity index (χ1v) is 4.53. The fourth-order valence-corrected chi connectivity index (χ4v) is 0.899. The number of halogens is 6. The van der Waals surface area contributed by atoms with E-state index in [2.05, 4.69) is 10.1 Å². The van der Waals surface area contributed by atoms with Gasteiger partial charge in [0.2, 0.25) is 6.10 Å². The maximum Gasteiger partial charge on any atom is 0.423 e. The van der Waals surface area contributed by atoms with E-state index in [9.17, 15) is 26.3 Å². The van der Waals surface area contributed by atoms with E-state index in [1.165, 1.54) is 0 Å². The molecule has 98 valence electrons. The smallest absolute Gasteiger partial charge is 0.360 e. The van der Waals surface area contributed by atoms with E-state index in [4.69, 9.17) is 0 Å². The molecule has 0 unspecified atom stereocenters. The van der Waals surface area contributed by atoms with Crippen LogP contribution in [0.15, 0.2) is 0 Å². The van der Waals surface area contributed by atoms with E-state index in [-0.39, 0.29) is 12.6 Å². The van der Waals surface area contributed by atoms with Gasteiger partial charge in [0.25, 0.3) is 0 Å². The van der Waals surface area contributed by atoms with E-state index in [0.717, 1.165) is 0 Å². The minimum atomic E-state index is -5.43. The molecule has 0 radical (unpaired) electrons. The second-order valence-electron chi connectivity index (χ2n) is 3.44. The van der Waals surface area contributed by atoms with Gasteiger partial charge in [-0.05, 0) is 0 Å². The fraction of sp³-hybridized carbons (Fsp3) is 1.00. The van der Waals surface area contributed by atoms with Crippen molar-refractivity contribution >= 4 is 0 Å². The van der Waals surface area contributed by atoms with Crippen molar-refractivity contribution in [2.45, 2.75) is 38.3 Å². The third-order valence-electron chi connectivity index (χ3n) is 1.53. The molecule has 0 aromatic rings. The monoisotopic (exact) mass is 253 g/mol. The quantitative estimate of drug-likeness (QED) is 0.600. The molecule has 2 nitrogen and oxygen atoms in total. The standard InChI is InChI=1S/C8H13F6NO/c1-5(2)15-3-4-16-6(7(9,10)11)8(12,13)14/h5-6,15H,3-4H2,1-2H3. The first kappa shape index (κ1) is 15.5. The van der Waals surface area contributed by atoms with Crippen LogP contribution in [0.3, 0.4) is 0 Å². The summed E-state index contributed by atoms with van der Waals surface area (Å²) in [7, 11) is 0. The van der Waals surface area contributed by atoms with E-state index in [1.54, 1.807) is 13.8 Å². The molecule has 0 aromatic carbocycles. The molecule has 0 rings (SSSR count). The predicted molar refractivity (Wildman–Crippen MR) is 45.0 cm³/mol. The van der Waals surface area contributed by atoms with Crippen LogP contribution in [0.4, 0.5) is 26.3 Å². The van der Waals surface area contributed by atoms with Crippen LogP contribution >= 0.6 is 0 Å². The van der Waals surface area contributed by atoms with Crippen molar-refractivity contribution in [3.8, 4) is 0 Å². The Bertz CT molecular complexity index is 186. The van der Waals surface area contributed by atoms with Gasteiger partial charge < -0.3 is 10.1 Å². The average molecular weight is 253 g/mol. The summed E-state index contributed by atoms with van der Waals surface area (Å²) < 4.78 is 75.4. The van der Waals surface area contributed by atoms with Gasteiger partial charge in [0.05, 0.1) is 6.61 Å². The molecule has 0 aliphatic carbocycles. The number of hydrogen-bond acceptors (Lipinski definition) is 2. The highest BCUT2D eigenvalue weighted by Gasteiger charge is 2.57. The Balaban J connectivity index is 4.16. The van der Waals surface area contributed by atoms with Gasteiger partial charge in [0.1, 0.15) is 0 Å². The van der Waals surface area contributed by atoms with Gasteiger partial charge in [-0.15, -0.1) is 0 Å². The molecular weight excluding hydrogens is 240 g/mol. The van der Waals surface area contributed by atoms with Crippen molar-refractivity contribution in [2.24, 2.45) is 0 Å². The predicted octanol–water partition coefficient (Wildman–Crippen LogP) is 2.49. The Morgan fingerprint density at radius 1 is 1.00 bits per heavy atom. The van der Waals surface area contributed by atoms with Gasteiger partial charge in [-0.1, -0.05) is 13.8 Å². The molecule has 0 amide bonds. The maximum absolute atomic E-state index is 11.9. The summed E-state index contributed by atoms with van der Waals surface area (Å²) in [6, 6.07) is -0.0289. The van der Waals surface area contributed by atoms with Gasteiger partial charge in [-0.2, -0.15) is 26.3 Å². The van der Waals surface area contributed by atoms with Crippen LogP contribution in [0.2, 0.25) is 0 Å². The number of alkyl halides is 6. The molecule has 16 heavy (non-hydrogen) atoms. The highest BCUT2D eigenvalue weighted by Crippen LogP contribution is 2.35. The minimum Gasteiger partial charge on any atom is -0.360 e. The van der Waals surface area contributed by atoms with Gasteiger partial charge in [-0.3, -0.25) is 0 Å². The van der Waals surface area contributed by atoms with E-state index in [1.807, 2.05) is 0 Å². The lowest BCUT2D eigenvalue weighted by molar-refractivity contribution is -0.321. The zero-order valence-electron chi connectivity index (χ0n) is 8.74. The van der Waals surface area contributed by atoms with Crippen LogP contribution in [-0.4, -0.2) is 37.7 Å². The van der Waals surface area contributed by atoms with Crippen molar-refractivity contribution in [2.75, 3.05) is 13.2 Å². The zero-order valence-corrected chi connectivity index (χ0v) is 8.74. The van der Waals surface area contributed by atoms with E-state index < -0.39 is 25.1 Å². The molecule has 0 fully saturated rings. The molecule has 0 aliphatic rings. The second-order valence-corrected chi connectivity index (χ2v) is 3.44. The Morgan fingerprint density at radius 3 is 1.75 bits per heavy atom. The highest BCUT2D eigenvalue weighted by molar-refractivity contribution is 4.76. The van der Waals surface area contributed by atoms with Crippen molar-refractivity contribution in [3.05, 3.63) is 0 Å². The highest BCUT2D eigenvalue weighted by atomic mass is 19.4. The maximum atomic E-state index is 11.9. The lowest BCUT2D eigenvalue weighted by atomic mass is 10.3. The molecule has 0 spiro atoms. The Morgan fingerprint density at radius 2 is 1.44 bits per heavy atom. The van der Waals surface area contributed by atoms with Crippen molar-refractivity contribution in [3.63, 3.8) is 0 Å². The molecule has 0 aromatic heterocycles. The summed E-state index contributed by atoms with van der Waals surface area (Å²) in [5, 5.41) is 2.64. The molecule has 0 atom stereocenters. The average Bonchev–Trinajstić information content (AvgIpc) is 1.97. The van der Waals surface area contributed by atoms with Crippen LogP contribution in [0.5, 0.6) is 0 Å². The lowest BCUT2D eigenvalue weighted by Crippen LogP contribution is -2.45. The largest absolute Gasteiger partial charge is 0.423 e. The SMILES string of the molecule is CC(C)NCCOC(C(F)(F)F)C(F)(F)F. The summed E-state index contributed by atoms with van der Waals surface area (Å²) in [6.07, 6.45) is -14.6. The third-order valence-corrected chi connectivity index (χ3v) is 1.53. The van der Waals surface area contributed by atoms with Crippen LogP contribution in [0.1, 0.15) is 13.8 Å². The Labute approximate surface area is 89.0 Å². The Hall–Kier alpha value is -0.500. The molecule has 0 bridgehead atoms. The van der Waals surface area contributed by atoms with Gasteiger partial charge >= 0.3 is 12.4 Å². The minimum absolute atomic E-state index is 0.0289. The van der Waals surface area contributed by atoms with Gasteiger partial charge in [0, 0.05) is 12.6 Å². The second kappa shape index (κ2) is 5.72. The van der Waals surface area contributed by atoms with Gasteiger partial charge in [-0.25, -0.2) is 0 Å². The van der Waals surface area contributed by atoms with Crippen LogP contribution in [0, 0.1) is 0 Å². The van der Waals surface area contributed by atoms with E-state index >= 15 is 0 Å². The number of nitrogens with one attached hydrogen (secondary N) is 1. The first-order chi connectivity index (χ1) is 7.05. The topological polar surface area (TPSA) is 21.3 Å². The summed E-state index contributed by atoms with van der Waals surface area (Å²) >= 11 is 0. The number of rotatable bonds is 5. The molecule has 0 aliphatic heterocycles. The third kappa shape index (κ3) is 6.16. The molecule has 8 heteroatoms. The van der Waals surface area contributed by atoms with Crippen molar-refractivity contribution < 1.29 is 31.1 Å². The summed E-state index contributed by atoms with van der Waals surface area (Å²) in [5.74, 6) is 0. The summed E-state index contributed by atoms with van der Waals surface area (Å²) in [6.45, 7) is 2.71. The van der Waals surface area contributed by atoms with Crippen molar-refractivity contribution in [1.82, 2.24) is 5.32 Å². The van der Waals surface area contributed by atoms with Crippen molar-refractivity contribution in [1.29, 1.82) is 0 Å². The summed E-state index contributed by atoms with van der Waals surface area (Å²) in [4.78, 5) is 0. The van der Waals surface area contributed by atoms with Crippen LogP contribution in [-0.2, 0) is 4.74 Å². The molecule has 1 N–H and O–H groups in total. The van der Waals surface area contributed by atoms with Gasteiger partial charge in [0.15, 0.2) is 0 Å². The molecule has 0 saturated heterocycles. The molecule has 0 saturated carbocycles. The molecule has 0 heterocycles. The number of ether oxygens (including phenoxy) is 1.